The number of likely N-dealkylation sites (tertiary alicyclic amines) is 1. The zero-order valence-corrected chi connectivity index (χ0v) is 15.1. The second-order valence-electron chi connectivity index (χ2n) is 6.73. The van der Waals surface area contributed by atoms with Crippen LogP contribution in [0.5, 0.6) is 5.75 Å². The number of aromatic nitrogens is 1. The second kappa shape index (κ2) is 7.26. The number of carbonyl (C=O) groups is 2. The minimum atomic E-state index is -0.299. The first kappa shape index (κ1) is 17.3. The summed E-state index contributed by atoms with van der Waals surface area (Å²) in [5.74, 6) is 0.725. The summed E-state index contributed by atoms with van der Waals surface area (Å²) in [7, 11) is 1.63. The fraction of sp³-hybridized carbons (Fsp3) is 0.350. The molecule has 0 aliphatic carbocycles. The molecule has 0 saturated carbocycles. The number of hydrogen-bond acceptors (Lipinski definition) is 5. The number of fused-ring (bicyclic) bond motifs is 1. The molecule has 3 heterocycles. The topological polar surface area (TPSA) is 72.0 Å². The van der Waals surface area contributed by atoms with Crippen LogP contribution in [0.4, 0.5) is 4.79 Å². The third-order valence-corrected chi connectivity index (χ3v) is 5.12. The molecule has 1 aromatic heterocycles. The van der Waals surface area contributed by atoms with Crippen LogP contribution in [0.3, 0.4) is 0 Å². The van der Waals surface area contributed by atoms with Crippen LogP contribution in [-0.4, -0.2) is 65.7 Å². The van der Waals surface area contributed by atoms with Crippen molar-refractivity contribution in [1.29, 1.82) is 0 Å². The van der Waals surface area contributed by atoms with E-state index in [4.69, 9.17) is 9.47 Å². The molecule has 0 unspecified atom stereocenters. The van der Waals surface area contributed by atoms with Gasteiger partial charge >= 0.3 is 6.09 Å². The quantitative estimate of drug-likeness (QED) is 0.808. The van der Waals surface area contributed by atoms with Gasteiger partial charge in [0, 0.05) is 25.5 Å². The molecule has 2 aliphatic heterocycles. The molecule has 1 aromatic carbocycles. The maximum absolute atomic E-state index is 12.6. The van der Waals surface area contributed by atoms with E-state index in [1.807, 2.05) is 24.3 Å². The van der Waals surface area contributed by atoms with E-state index >= 15 is 0 Å². The summed E-state index contributed by atoms with van der Waals surface area (Å²) in [6.45, 7) is 1.46. The Morgan fingerprint density at radius 1 is 1.26 bits per heavy atom. The maximum atomic E-state index is 12.6. The van der Waals surface area contributed by atoms with Crippen molar-refractivity contribution >= 4 is 12.0 Å². The van der Waals surface area contributed by atoms with E-state index in [1.165, 1.54) is 0 Å². The normalized spacial score (nSPS) is 21.1. The van der Waals surface area contributed by atoms with Gasteiger partial charge in [-0.05, 0) is 36.2 Å². The van der Waals surface area contributed by atoms with Crippen molar-refractivity contribution in [3.05, 3.63) is 59.9 Å². The first-order chi connectivity index (χ1) is 13.2. The Morgan fingerprint density at radius 3 is 2.78 bits per heavy atom. The highest BCUT2D eigenvalue weighted by molar-refractivity contribution is 5.94. The molecule has 0 N–H and O–H groups in total. The molecular formula is C20H21N3O4. The molecule has 2 fully saturated rings. The second-order valence-corrected chi connectivity index (χ2v) is 6.73. The van der Waals surface area contributed by atoms with Crippen LogP contribution in [0.1, 0.15) is 15.9 Å². The molecule has 4 rings (SSSR count). The molecule has 2 saturated heterocycles. The molecule has 7 heteroatoms. The van der Waals surface area contributed by atoms with Crippen LogP contribution >= 0.6 is 0 Å². The summed E-state index contributed by atoms with van der Waals surface area (Å²) >= 11 is 0. The molecule has 0 bridgehead atoms. The summed E-state index contributed by atoms with van der Waals surface area (Å²) < 4.78 is 10.7. The fourth-order valence-electron chi connectivity index (χ4n) is 3.64. The molecule has 2 amide bonds. The van der Waals surface area contributed by atoms with Gasteiger partial charge < -0.3 is 14.4 Å². The molecule has 0 spiro atoms. The Kier molecular flexibility index (Phi) is 4.66. The first-order valence-corrected chi connectivity index (χ1v) is 8.95. The first-order valence-electron chi connectivity index (χ1n) is 8.95. The van der Waals surface area contributed by atoms with E-state index in [0.717, 1.165) is 17.7 Å². The number of benzene rings is 1. The number of methoxy groups -OCH3 is 1. The van der Waals surface area contributed by atoms with Crippen LogP contribution in [-0.2, 0) is 11.2 Å². The van der Waals surface area contributed by atoms with Gasteiger partial charge in [-0.25, -0.2) is 4.79 Å². The van der Waals surface area contributed by atoms with Crippen molar-refractivity contribution in [1.82, 2.24) is 14.8 Å². The highest BCUT2D eigenvalue weighted by Crippen LogP contribution is 2.28. The van der Waals surface area contributed by atoms with Gasteiger partial charge in [0.2, 0.25) is 0 Å². The summed E-state index contributed by atoms with van der Waals surface area (Å²) in [6, 6.07) is 11.2. The number of ether oxygens (including phenoxy) is 2. The van der Waals surface area contributed by atoms with Crippen LogP contribution in [0.15, 0.2) is 48.8 Å². The van der Waals surface area contributed by atoms with Crippen LogP contribution < -0.4 is 4.74 Å². The third kappa shape index (κ3) is 3.45. The average molecular weight is 367 g/mol. The van der Waals surface area contributed by atoms with Gasteiger partial charge in [-0.1, -0.05) is 12.1 Å². The number of hydrogen-bond donors (Lipinski definition) is 0. The zero-order chi connectivity index (χ0) is 18.8. The van der Waals surface area contributed by atoms with Crippen LogP contribution in [0.25, 0.3) is 0 Å². The van der Waals surface area contributed by atoms with Crippen LogP contribution in [0, 0.1) is 0 Å². The predicted octanol–water partition coefficient (Wildman–Crippen LogP) is 1.98. The Hall–Kier alpha value is -3.09. The molecule has 2 aliphatic rings. The van der Waals surface area contributed by atoms with Crippen molar-refractivity contribution < 1.29 is 19.1 Å². The largest absolute Gasteiger partial charge is 0.497 e. The zero-order valence-electron chi connectivity index (χ0n) is 15.1. The van der Waals surface area contributed by atoms with Gasteiger partial charge in [-0.3, -0.25) is 14.7 Å². The summed E-state index contributed by atoms with van der Waals surface area (Å²) in [6.07, 6.45) is 3.35. The Labute approximate surface area is 157 Å². The fourth-order valence-corrected chi connectivity index (χ4v) is 3.64. The minimum Gasteiger partial charge on any atom is -0.497 e. The lowest BCUT2D eigenvalue weighted by atomic mass is 10.1. The molecule has 2 atom stereocenters. The molecule has 7 nitrogen and oxygen atoms in total. The van der Waals surface area contributed by atoms with E-state index in [-0.39, 0.29) is 24.1 Å². The van der Waals surface area contributed by atoms with Gasteiger partial charge in [-0.2, -0.15) is 0 Å². The van der Waals surface area contributed by atoms with E-state index < -0.39 is 0 Å². The standard InChI is InChI=1S/C20H21N3O4/c1-26-16-6-4-14(5-7-16)8-10-23-17-12-22(13-18(17)27-20(23)25)19(24)15-3-2-9-21-11-15/h2-7,9,11,17-18H,8,10,12-13H2,1H3/t17-,18+/m0/s1. The lowest BCUT2D eigenvalue weighted by molar-refractivity contribution is 0.0728. The monoisotopic (exact) mass is 367 g/mol. The lowest BCUT2D eigenvalue weighted by Gasteiger charge is -2.22. The van der Waals surface area contributed by atoms with E-state index in [0.29, 0.717) is 25.2 Å². The van der Waals surface area contributed by atoms with Gasteiger partial charge in [0.05, 0.1) is 25.3 Å². The number of rotatable bonds is 5. The Bertz CT molecular complexity index is 825. The van der Waals surface area contributed by atoms with Crippen molar-refractivity contribution in [3.8, 4) is 5.75 Å². The third-order valence-electron chi connectivity index (χ3n) is 5.12. The number of amides is 2. The number of nitrogens with zero attached hydrogens (tertiary/aromatic N) is 3. The van der Waals surface area contributed by atoms with Gasteiger partial charge in [0.25, 0.3) is 5.91 Å². The van der Waals surface area contributed by atoms with Gasteiger partial charge in [0.1, 0.15) is 11.9 Å². The number of carbonyl (C=O) groups excluding carboxylic acids is 2. The summed E-state index contributed by atoms with van der Waals surface area (Å²) in [5, 5.41) is 0. The highest BCUT2D eigenvalue weighted by Gasteiger charge is 2.48. The smallest absolute Gasteiger partial charge is 0.410 e. The summed E-state index contributed by atoms with van der Waals surface area (Å²) in [4.78, 5) is 32.3. The average Bonchev–Trinajstić information content (AvgIpc) is 3.24. The van der Waals surface area contributed by atoms with Crippen molar-refractivity contribution in [3.63, 3.8) is 0 Å². The minimum absolute atomic E-state index is 0.0800. The Balaban J connectivity index is 1.39. The molecule has 140 valence electrons. The summed E-state index contributed by atoms with van der Waals surface area (Å²) in [5.41, 5.74) is 1.67. The van der Waals surface area contributed by atoms with E-state index in [1.54, 1.807) is 41.4 Å². The highest BCUT2D eigenvalue weighted by atomic mass is 16.6. The lowest BCUT2D eigenvalue weighted by Crippen LogP contribution is -2.40. The van der Waals surface area contributed by atoms with E-state index in [9.17, 15) is 9.59 Å². The van der Waals surface area contributed by atoms with Gasteiger partial charge in [-0.15, -0.1) is 0 Å². The number of pyridine rings is 1. The predicted molar refractivity (Wildman–Crippen MR) is 97.6 cm³/mol. The molecule has 0 radical (unpaired) electrons. The van der Waals surface area contributed by atoms with Crippen molar-refractivity contribution in [2.24, 2.45) is 0 Å². The maximum Gasteiger partial charge on any atom is 0.410 e. The van der Waals surface area contributed by atoms with E-state index in [2.05, 4.69) is 4.98 Å². The van der Waals surface area contributed by atoms with Crippen LogP contribution in [0.2, 0.25) is 0 Å². The molecule has 2 aromatic rings. The van der Waals surface area contributed by atoms with Gasteiger partial charge in [0.15, 0.2) is 0 Å². The van der Waals surface area contributed by atoms with Crippen molar-refractivity contribution in [2.45, 2.75) is 18.6 Å². The molecule has 27 heavy (non-hydrogen) atoms. The van der Waals surface area contributed by atoms with Crippen molar-refractivity contribution in [2.75, 3.05) is 26.7 Å². The SMILES string of the molecule is COc1ccc(CCN2C(=O)O[C@@H]3CN(C(=O)c4cccnc4)C[C@@H]32)cc1. The Morgan fingerprint density at radius 2 is 2.07 bits per heavy atom. The molecular weight excluding hydrogens is 346 g/mol.